The predicted molar refractivity (Wildman–Crippen MR) is 66.8 cm³/mol. The molecule has 3 heterocycles. The third-order valence-electron chi connectivity index (χ3n) is 2.50. The fourth-order valence-electron chi connectivity index (χ4n) is 1.73. The smallest absolute Gasteiger partial charge is 0.116 e. The molecule has 0 saturated carbocycles. The topological polar surface area (TPSA) is 38.7 Å². The molecule has 0 saturated heterocycles. The van der Waals surface area contributed by atoms with E-state index in [1.807, 2.05) is 26.2 Å². The van der Waals surface area contributed by atoms with E-state index in [2.05, 4.69) is 26.8 Å². The highest BCUT2D eigenvalue weighted by molar-refractivity contribution is 7.32. The number of aromatic nitrogens is 3. The lowest BCUT2D eigenvalue weighted by Crippen LogP contribution is -1.87. The summed E-state index contributed by atoms with van der Waals surface area (Å²) in [4.78, 5) is 8.89. The standard InChI is InChI=1S/C12H10N3P/c1-7-3-9-11(13-5-7)12-10(16-15-9)4-8(2)6-14-12/h3-6H,1-2H3. The van der Waals surface area contributed by atoms with E-state index in [1.165, 1.54) is 0 Å². The Morgan fingerprint density at radius 3 is 2.44 bits per heavy atom. The van der Waals surface area contributed by atoms with Crippen LogP contribution in [-0.2, 0) is 0 Å². The van der Waals surface area contributed by atoms with E-state index < -0.39 is 0 Å². The highest BCUT2D eigenvalue weighted by Gasteiger charge is 2.05. The van der Waals surface area contributed by atoms with Crippen LogP contribution in [0, 0.1) is 13.8 Å². The van der Waals surface area contributed by atoms with E-state index in [-0.39, 0.29) is 0 Å². The van der Waals surface area contributed by atoms with Crippen molar-refractivity contribution in [2.24, 2.45) is 0 Å². The molecule has 0 aromatic carbocycles. The molecular weight excluding hydrogens is 217 g/mol. The molecule has 0 radical (unpaired) electrons. The molecule has 4 heteroatoms. The fourth-order valence-corrected chi connectivity index (χ4v) is 2.62. The van der Waals surface area contributed by atoms with Gasteiger partial charge in [-0.15, -0.1) is 0 Å². The molecule has 0 aliphatic rings. The summed E-state index contributed by atoms with van der Waals surface area (Å²) in [6.45, 7) is 4.07. The van der Waals surface area contributed by atoms with Crippen molar-refractivity contribution in [3.05, 3.63) is 35.7 Å². The molecule has 0 aliphatic carbocycles. The first-order valence-electron chi connectivity index (χ1n) is 5.09. The zero-order valence-electron chi connectivity index (χ0n) is 9.10. The third-order valence-corrected chi connectivity index (χ3v) is 3.37. The van der Waals surface area contributed by atoms with E-state index >= 15 is 0 Å². The van der Waals surface area contributed by atoms with Crippen LogP contribution in [-0.4, -0.2) is 14.7 Å². The first kappa shape index (κ1) is 9.61. The van der Waals surface area contributed by atoms with Gasteiger partial charge in [-0.1, -0.05) is 0 Å². The average Bonchev–Trinajstić information content (AvgIpc) is 2.28. The summed E-state index contributed by atoms with van der Waals surface area (Å²) < 4.78 is 4.51. The van der Waals surface area contributed by atoms with Crippen molar-refractivity contribution in [2.75, 3.05) is 0 Å². The Morgan fingerprint density at radius 1 is 0.938 bits per heavy atom. The molecule has 3 aromatic rings. The lowest BCUT2D eigenvalue weighted by Gasteiger charge is -2.02. The SMILES string of the molecule is Cc1cnc2c(c1)npc1cc(C)cnc12. The largest absolute Gasteiger partial charge is 0.253 e. The zero-order chi connectivity index (χ0) is 11.1. The van der Waals surface area contributed by atoms with E-state index in [9.17, 15) is 0 Å². The van der Waals surface area contributed by atoms with E-state index in [0.717, 1.165) is 41.1 Å². The number of nitrogens with zero attached hydrogens (tertiary/aromatic N) is 3. The van der Waals surface area contributed by atoms with Gasteiger partial charge in [0.2, 0.25) is 0 Å². The third kappa shape index (κ3) is 1.44. The summed E-state index contributed by atoms with van der Waals surface area (Å²) in [6.07, 6.45) is 3.74. The molecule has 0 fully saturated rings. The first-order valence-corrected chi connectivity index (χ1v) is 5.94. The summed E-state index contributed by atoms with van der Waals surface area (Å²) in [5, 5.41) is 1.14. The number of hydrogen-bond donors (Lipinski definition) is 0. The highest BCUT2D eigenvalue weighted by Crippen LogP contribution is 2.26. The van der Waals surface area contributed by atoms with Gasteiger partial charge in [0.25, 0.3) is 0 Å². The summed E-state index contributed by atoms with van der Waals surface area (Å²) >= 11 is 0. The molecule has 3 rings (SSSR count). The zero-order valence-corrected chi connectivity index (χ0v) is 9.99. The second-order valence-corrected chi connectivity index (χ2v) is 4.84. The van der Waals surface area contributed by atoms with Crippen molar-refractivity contribution in [2.45, 2.75) is 13.8 Å². The monoisotopic (exact) mass is 227 g/mol. The molecule has 0 aliphatic heterocycles. The maximum Gasteiger partial charge on any atom is 0.116 e. The number of rotatable bonds is 0. The van der Waals surface area contributed by atoms with Crippen LogP contribution in [0.5, 0.6) is 0 Å². The maximum absolute atomic E-state index is 4.51. The van der Waals surface area contributed by atoms with Gasteiger partial charge >= 0.3 is 0 Å². The van der Waals surface area contributed by atoms with Gasteiger partial charge in [-0.2, -0.15) is 0 Å². The maximum atomic E-state index is 4.51. The fraction of sp³-hybridized carbons (Fsp3) is 0.167. The Balaban J connectivity index is 2.50. The summed E-state index contributed by atoms with van der Waals surface area (Å²) in [6, 6.07) is 4.18. The van der Waals surface area contributed by atoms with Crippen LogP contribution >= 0.6 is 8.35 Å². The molecule has 16 heavy (non-hydrogen) atoms. The van der Waals surface area contributed by atoms with Gasteiger partial charge in [0.15, 0.2) is 0 Å². The number of fused-ring (bicyclic) bond motifs is 3. The Bertz CT molecular complexity index is 633. The van der Waals surface area contributed by atoms with Crippen molar-refractivity contribution in [3.8, 4) is 0 Å². The molecule has 0 unspecified atom stereocenters. The summed E-state index contributed by atoms with van der Waals surface area (Å²) in [7, 11) is 0.966. The quantitative estimate of drug-likeness (QED) is 0.552. The van der Waals surface area contributed by atoms with Gasteiger partial charge < -0.3 is 0 Å². The van der Waals surface area contributed by atoms with Crippen LogP contribution in [0.3, 0.4) is 0 Å². The minimum absolute atomic E-state index is 0.902. The predicted octanol–water partition coefficient (Wildman–Crippen LogP) is 3.37. The van der Waals surface area contributed by atoms with Crippen molar-refractivity contribution in [1.29, 1.82) is 0 Å². The summed E-state index contributed by atoms with van der Waals surface area (Å²) in [5.74, 6) is 0. The molecule has 0 spiro atoms. The highest BCUT2D eigenvalue weighted by atomic mass is 31.0. The lowest BCUT2D eigenvalue weighted by molar-refractivity contribution is 1.30. The molecule has 0 atom stereocenters. The molecule has 3 nitrogen and oxygen atoms in total. The van der Waals surface area contributed by atoms with Gasteiger partial charge in [0.05, 0.1) is 5.52 Å². The Morgan fingerprint density at radius 2 is 1.62 bits per heavy atom. The van der Waals surface area contributed by atoms with E-state index in [4.69, 9.17) is 0 Å². The van der Waals surface area contributed by atoms with Crippen LogP contribution in [0.4, 0.5) is 0 Å². The van der Waals surface area contributed by atoms with Crippen molar-refractivity contribution in [1.82, 2.24) is 14.7 Å². The van der Waals surface area contributed by atoms with E-state index in [1.54, 1.807) is 0 Å². The molecule has 0 bridgehead atoms. The molecule has 0 amide bonds. The van der Waals surface area contributed by atoms with Crippen LogP contribution in [0.2, 0.25) is 0 Å². The lowest BCUT2D eigenvalue weighted by atomic mass is 10.2. The molecule has 3 aromatic heterocycles. The second-order valence-electron chi connectivity index (χ2n) is 3.96. The van der Waals surface area contributed by atoms with Crippen molar-refractivity contribution >= 4 is 30.0 Å². The van der Waals surface area contributed by atoms with Gasteiger partial charge in [0, 0.05) is 25.9 Å². The van der Waals surface area contributed by atoms with Gasteiger partial charge in [-0.25, -0.2) is 4.75 Å². The normalized spacial score (nSPS) is 11.6. The minimum atomic E-state index is 0.902. The van der Waals surface area contributed by atoms with E-state index in [0.29, 0.717) is 0 Å². The van der Waals surface area contributed by atoms with Crippen LogP contribution in [0.15, 0.2) is 24.5 Å². The van der Waals surface area contributed by atoms with Crippen LogP contribution in [0.25, 0.3) is 21.7 Å². The van der Waals surface area contributed by atoms with Gasteiger partial charge in [-0.3, -0.25) is 9.97 Å². The second kappa shape index (κ2) is 3.46. The van der Waals surface area contributed by atoms with Crippen LogP contribution in [0.1, 0.15) is 11.1 Å². The average molecular weight is 227 g/mol. The number of hydrogen-bond acceptors (Lipinski definition) is 3. The molecule has 0 N–H and O–H groups in total. The minimum Gasteiger partial charge on any atom is -0.253 e. The van der Waals surface area contributed by atoms with Gasteiger partial charge in [-0.05, 0) is 37.1 Å². The summed E-state index contributed by atoms with van der Waals surface area (Å²) in [5.41, 5.74) is 5.12. The van der Waals surface area contributed by atoms with Crippen molar-refractivity contribution in [3.63, 3.8) is 0 Å². The molecular formula is C12H10N3P. The Kier molecular flexibility index (Phi) is 2.08. The number of aryl methyl sites for hydroxylation is 2. The number of pyridine rings is 2. The van der Waals surface area contributed by atoms with Gasteiger partial charge in [0.1, 0.15) is 11.0 Å². The van der Waals surface area contributed by atoms with Crippen LogP contribution < -0.4 is 0 Å². The molecule has 78 valence electrons. The Hall–Kier alpha value is -1.60. The van der Waals surface area contributed by atoms with Crippen molar-refractivity contribution < 1.29 is 0 Å². The first-order chi connectivity index (χ1) is 7.74. The Labute approximate surface area is 94.7 Å².